The van der Waals surface area contributed by atoms with Crippen LogP contribution in [0.2, 0.25) is 0 Å². The number of hydrogen-bond donors (Lipinski definition) is 1. The molecule has 0 aromatic heterocycles. The SMILES string of the molecule is CCCCN(CC)C(=O)C(NC(=O)c1ccc(Br)cc1)C(C)C. The van der Waals surface area contributed by atoms with Gasteiger partial charge < -0.3 is 10.2 Å². The Kier molecular flexibility index (Phi) is 8.31. The molecule has 1 atom stereocenters. The third-order valence-electron chi connectivity index (χ3n) is 3.80. The van der Waals surface area contributed by atoms with Gasteiger partial charge in [0.25, 0.3) is 5.91 Å². The summed E-state index contributed by atoms with van der Waals surface area (Å²) in [6.07, 6.45) is 2.02. The number of halogens is 1. The van der Waals surface area contributed by atoms with Crippen molar-refractivity contribution < 1.29 is 9.59 Å². The smallest absolute Gasteiger partial charge is 0.251 e. The zero-order valence-corrected chi connectivity index (χ0v) is 16.0. The minimum Gasteiger partial charge on any atom is -0.341 e. The van der Waals surface area contributed by atoms with Crippen LogP contribution in [-0.4, -0.2) is 35.8 Å². The lowest BCUT2D eigenvalue weighted by Crippen LogP contribution is -2.51. The van der Waals surface area contributed by atoms with E-state index in [0.29, 0.717) is 12.1 Å². The van der Waals surface area contributed by atoms with Gasteiger partial charge >= 0.3 is 0 Å². The average Bonchev–Trinajstić information content (AvgIpc) is 2.53. The lowest BCUT2D eigenvalue weighted by Gasteiger charge is -2.29. The first-order valence-corrected chi connectivity index (χ1v) is 9.05. The number of amides is 2. The van der Waals surface area contributed by atoms with Gasteiger partial charge in [-0.2, -0.15) is 0 Å². The Morgan fingerprint density at radius 3 is 2.26 bits per heavy atom. The molecule has 1 N–H and O–H groups in total. The van der Waals surface area contributed by atoms with Crippen LogP contribution < -0.4 is 5.32 Å². The van der Waals surface area contributed by atoms with Crippen LogP contribution in [0.3, 0.4) is 0 Å². The van der Waals surface area contributed by atoms with Crippen LogP contribution >= 0.6 is 15.9 Å². The lowest BCUT2D eigenvalue weighted by molar-refractivity contribution is -0.134. The number of hydrogen-bond acceptors (Lipinski definition) is 2. The molecule has 0 aliphatic heterocycles. The van der Waals surface area contributed by atoms with Crippen molar-refractivity contribution in [1.82, 2.24) is 10.2 Å². The molecule has 0 aliphatic rings. The first-order chi connectivity index (χ1) is 10.9. The maximum Gasteiger partial charge on any atom is 0.251 e. The fourth-order valence-corrected chi connectivity index (χ4v) is 2.57. The van der Waals surface area contributed by atoms with Crippen molar-refractivity contribution in [1.29, 1.82) is 0 Å². The molecule has 0 bridgehead atoms. The molecule has 0 radical (unpaired) electrons. The van der Waals surface area contributed by atoms with Gasteiger partial charge in [0, 0.05) is 23.1 Å². The average molecular weight is 383 g/mol. The van der Waals surface area contributed by atoms with E-state index in [-0.39, 0.29) is 17.7 Å². The van der Waals surface area contributed by atoms with Gasteiger partial charge in [-0.05, 0) is 43.5 Å². The summed E-state index contributed by atoms with van der Waals surface area (Å²) >= 11 is 3.35. The molecule has 0 saturated heterocycles. The third-order valence-corrected chi connectivity index (χ3v) is 4.33. The molecule has 4 nitrogen and oxygen atoms in total. The van der Waals surface area contributed by atoms with Gasteiger partial charge in [-0.1, -0.05) is 43.1 Å². The zero-order chi connectivity index (χ0) is 17.4. The van der Waals surface area contributed by atoms with E-state index < -0.39 is 6.04 Å². The van der Waals surface area contributed by atoms with E-state index >= 15 is 0 Å². The molecule has 0 aliphatic carbocycles. The fourth-order valence-electron chi connectivity index (χ4n) is 2.31. The van der Waals surface area contributed by atoms with Gasteiger partial charge in [-0.15, -0.1) is 0 Å². The Balaban J connectivity index is 2.83. The van der Waals surface area contributed by atoms with Crippen LogP contribution in [0.4, 0.5) is 0 Å². The van der Waals surface area contributed by atoms with E-state index in [1.165, 1.54) is 0 Å². The molecule has 0 fully saturated rings. The maximum atomic E-state index is 12.7. The maximum absolute atomic E-state index is 12.7. The van der Waals surface area contributed by atoms with Crippen molar-refractivity contribution in [2.24, 2.45) is 5.92 Å². The molecule has 0 saturated carbocycles. The van der Waals surface area contributed by atoms with E-state index in [1.54, 1.807) is 12.1 Å². The Hall–Kier alpha value is -1.36. The summed E-state index contributed by atoms with van der Waals surface area (Å²) in [5, 5.41) is 2.90. The number of rotatable bonds is 8. The Bertz CT molecular complexity index is 514. The summed E-state index contributed by atoms with van der Waals surface area (Å²) in [7, 11) is 0. The number of nitrogens with zero attached hydrogens (tertiary/aromatic N) is 1. The van der Waals surface area contributed by atoms with Gasteiger partial charge in [0.15, 0.2) is 0 Å². The predicted octanol–water partition coefficient (Wildman–Crippen LogP) is 3.85. The topological polar surface area (TPSA) is 49.4 Å². The lowest BCUT2D eigenvalue weighted by atomic mass is 10.0. The predicted molar refractivity (Wildman–Crippen MR) is 97.4 cm³/mol. The van der Waals surface area contributed by atoms with Crippen LogP contribution in [0, 0.1) is 5.92 Å². The van der Waals surface area contributed by atoms with Gasteiger partial charge in [-0.25, -0.2) is 0 Å². The minimum atomic E-state index is -0.497. The molecule has 128 valence electrons. The monoisotopic (exact) mass is 382 g/mol. The van der Waals surface area contributed by atoms with Crippen molar-refractivity contribution in [3.8, 4) is 0 Å². The van der Waals surface area contributed by atoms with E-state index in [9.17, 15) is 9.59 Å². The highest BCUT2D eigenvalue weighted by atomic mass is 79.9. The summed E-state index contributed by atoms with van der Waals surface area (Å²) < 4.78 is 0.919. The van der Waals surface area contributed by atoms with Crippen molar-refractivity contribution in [2.45, 2.75) is 46.6 Å². The van der Waals surface area contributed by atoms with Crippen molar-refractivity contribution >= 4 is 27.7 Å². The summed E-state index contributed by atoms with van der Waals surface area (Å²) in [5.74, 6) is -0.171. The molecule has 2 amide bonds. The van der Waals surface area contributed by atoms with E-state index in [2.05, 4.69) is 28.2 Å². The number of unbranched alkanes of at least 4 members (excludes halogenated alkanes) is 1. The number of likely N-dealkylation sites (N-methyl/N-ethyl adjacent to an activating group) is 1. The second-order valence-electron chi connectivity index (χ2n) is 5.97. The van der Waals surface area contributed by atoms with Crippen LogP contribution in [0.1, 0.15) is 50.9 Å². The quantitative estimate of drug-likeness (QED) is 0.741. The molecule has 5 heteroatoms. The summed E-state index contributed by atoms with van der Waals surface area (Å²) in [5.41, 5.74) is 0.559. The van der Waals surface area contributed by atoms with Gasteiger partial charge in [0.2, 0.25) is 5.91 Å². The second kappa shape index (κ2) is 9.71. The highest BCUT2D eigenvalue weighted by Gasteiger charge is 2.28. The van der Waals surface area contributed by atoms with Crippen molar-refractivity contribution in [2.75, 3.05) is 13.1 Å². The van der Waals surface area contributed by atoms with Crippen LogP contribution in [0.15, 0.2) is 28.7 Å². The van der Waals surface area contributed by atoms with Gasteiger partial charge in [0.1, 0.15) is 6.04 Å². The Morgan fingerprint density at radius 1 is 1.17 bits per heavy atom. The minimum absolute atomic E-state index is 0.00131. The summed E-state index contributed by atoms with van der Waals surface area (Å²) in [6, 6.07) is 6.64. The molecule has 0 spiro atoms. The second-order valence-corrected chi connectivity index (χ2v) is 6.89. The van der Waals surface area contributed by atoms with Crippen LogP contribution in [-0.2, 0) is 4.79 Å². The summed E-state index contributed by atoms with van der Waals surface area (Å²) in [4.78, 5) is 27.0. The molecule has 1 rings (SSSR count). The van der Waals surface area contributed by atoms with Crippen LogP contribution in [0.5, 0.6) is 0 Å². The molecule has 23 heavy (non-hydrogen) atoms. The van der Waals surface area contributed by atoms with Crippen molar-refractivity contribution in [3.63, 3.8) is 0 Å². The number of benzene rings is 1. The molecule has 1 aromatic rings. The molecular weight excluding hydrogens is 356 g/mol. The fraction of sp³-hybridized carbons (Fsp3) is 0.556. The van der Waals surface area contributed by atoms with E-state index in [1.807, 2.05) is 37.8 Å². The largest absolute Gasteiger partial charge is 0.341 e. The van der Waals surface area contributed by atoms with E-state index in [4.69, 9.17) is 0 Å². The summed E-state index contributed by atoms with van der Waals surface area (Å²) in [6.45, 7) is 9.39. The number of carbonyl (C=O) groups excluding carboxylic acids is 2. The van der Waals surface area contributed by atoms with Crippen LogP contribution in [0.25, 0.3) is 0 Å². The molecule has 1 aromatic carbocycles. The third kappa shape index (κ3) is 5.98. The normalized spacial score (nSPS) is 12.1. The highest BCUT2D eigenvalue weighted by Crippen LogP contribution is 2.12. The zero-order valence-electron chi connectivity index (χ0n) is 14.4. The highest BCUT2D eigenvalue weighted by molar-refractivity contribution is 9.10. The van der Waals surface area contributed by atoms with Gasteiger partial charge in [0.05, 0.1) is 0 Å². The number of nitrogens with one attached hydrogen (secondary N) is 1. The molecular formula is C18H27BrN2O2. The molecule has 0 heterocycles. The van der Waals surface area contributed by atoms with E-state index in [0.717, 1.165) is 23.9 Å². The standard InChI is InChI=1S/C18H27BrN2O2/c1-5-7-12-21(6-2)18(23)16(13(3)4)20-17(22)14-8-10-15(19)11-9-14/h8-11,13,16H,5-7,12H2,1-4H3,(H,20,22). The Labute approximate surface area is 147 Å². The van der Waals surface area contributed by atoms with Crippen molar-refractivity contribution in [3.05, 3.63) is 34.3 Å². The van der Waals surface area contributed by atoms with Gasteiger partial charge in [-0.3, -0.25) is 9.59 Å². The number of carbonyl (C=O) groups is 2. The first-order valence-electron chi connectivity index (χ1n) is 8.25. The first kappa shape index (κ1) is 19.7. The Morgan fingerprint density at radius 2 is 1.78 bits per heavy atom. The molecule has 1 unspecified atom stereocenters.